The van der Waals surface area contributed by atoms with Crippen LogP contribution in [0.15, 0.2) is 54.6 Å². The van der Waals surface area contributed by atoms with Crippen LogP contribution in [0.3, 0.4) is 0 Å². The van der Waals surface area contributed by atoms with Crippen LogP contribution in [0, 0.1) is 0 Å². The second kappa shape index (κ2) is 7.08. The molecule has 4 rings (SSSR count). The van der Waals surface area contributed by atoms with E-state index in [1.165, 1.54) is 11.8 Å². The summed E-state index contributed by atoms with van der Waals surface area (Å²) in [7, 11) is 0. The largest absolute Gasteiger partial charge is 0.480 e. The molecule has 2 aromatic rings. The molecule has 2 heterocycles. The van der Waals surface area contributed by atoms with Crippen molar-refractivity contribution in [2.24, 2.45) is 0 Å². The van der Waals surface area contributed by atoms with Gasteiger partial charge in [0.15, 0.2) is 0 Å². The number of rotatable bonds is 5. The zero-order valence-electron chi connectivity index (χ0n) is 14.4. The van der Waals surface area contributed by atoms with E-state index < -0.39 is 24.0 Å². The van der Waals surface area contributed by atoms with Gasteiger partial charge in [-0.15, -0.1) is 11.8 Å². The lowest BCUT2D eigenvalue weighted by Crippen LogP contribution is -2.51. The van der Waals surface area contributed by atoms with E-state index >= 15 is 0 Å². The van der Waals surface area contributed by atoms with Crippen LogP contribution in [0.1, 0.15) is 26.9 Å². The molecule has 0 radical (unpaired) electrons. The predicted molar refractivity (Wildman–Crippen MR) is 101 cm³/mol. The number of fused-ring (bicyclic) bond motifs is 3. The maximum absolute atomic E-state index is 12.8. The molecule has 2 aliphatic rings. The van der Waals surface area contributed by atoms with Gasteiger partial charge in [-0.25, -0.2) is 4.79 Å². The second-order valence-corrected chi connectivity index (χ2v) is 7.70. The van der Waals surface area contributed by atoms with Gasteiger partial charge in [0.05, 0.1) is 0 Å². The number of nitrogens with one attached hydrogen (secondary N) is 1. The van der Waals surface area contributed by atoms with Gasteiger partial charge in [-0.05, 0) is 17.2 Å². The summed E-state index contributed by atoms with van der Waals surface area (Å²) >= 11 is 1.53. The molecule has 3 atom stereocenters. The Morgan fingerprint density at radius 1 is 1.15 bits per heavy atom. The summed E-state index contributed by atoms with van der Waals surface area (Å²) in [6.07, 6.45) is 0.194. The Balaban J connectivity index is 1.50. The van der Waals surface area contributed by atoms with Crippen molar-refractivity contribution in [1.82, 2.24) is 10.2 Å². The van der Waals surface area contributed by atoms with Crippen LogP contribution in [-0.2, 0) is 16.0 Å². The highest BCUT2D eigenvalue weighted by atomic mass is 32.2. The van der Waals surface area contributed by atoms with Crippen molar-refractivity contribution in [3.63, 3.8) is 0 Å². The van der Waals surface area contributed by atoms with Crippen LogP contribution in [0.25, 0.3) is 0 Å². The quantitative estimate of drug-likeness (QED) is 0.827. The van der Waals surface area contributed by atoms with Crippen molar-refractivity contribution >= 4 is 29.5 Å². The molecule has 0 aromatic heterocycles. The van der Waals surface area contributed by atoms with Gasteiger partial charge in [-0.2, -0.15) is 0 Å². The van der Waals surface area contributed by atoms with E-state index in [2.05, 4.69) is 5.32 Å². The average molecular weight is 382 g/mol. The van der Waals surface area contributed by atoms with E-state index in [1.807, 2.05) is 42.5 Å². The number of hydrogen-bond acceptors (Lipinski definition) is 4. The lowest BCUT2D eigenvalue weighted by molar-refractivity contribution is -0.142. The molecule has 138 valence electrons. The van der Waals surface area contributed by atoms with Crippen LogP contribution >= 0.6 is 11.8 Å². The minimum absolute atomic E-state index is 0.171. The van der Waals surface area contributed by atoms with E-state index in [4.69, 9.17) is 0 Å². The first kappa shape index (κ1) is 17.6. The molecule has 2 aromatic carbocycles. The monoisotopic (exact) mass is 382 g/mol. The summed E-state index contributed by atoms with van der Waals surface area (Å²) in [4.78, 5) is 38.7. The number of carbonyl (C=O) groups is 3. The topological polar surface area (TPSA) is 86.7 Å². The third-order valence-corrected chi connectivity index (χ3v) is 6.20. The normalized spacial score (nSPS) is 21.5. The van der Waals surface area contributed by atoms with Gasteiger partial charge in [0.25, 0.3) is 5.91 Å². The molecule has 0 saturated carbocycles. The smallest absolute Gasteiger partial charge is 0.326 e. The standard InChI is InChI=1S/C20H18N2O4S/c23-17(21-15(20(25)26)10-12-6-2-1-3-7-12)16-11-27-19-14-9-5-4-8-13(14)18(24)22(16)19/h1-9,15-16,19H,10-11H2,(H,21,23)(H,25,26)/t15-,16+,19+/m1/s1. The molecule has 0 unspecified atom stereocenters. The summed E-state index contributed by atoms with van der Waals surface area (Å²) in [6.45, 7) is 0. The summed E-state index contributed by atoms with van der Waals surface area (Å²) < 4.78 is 0. The number of carboxylic acids is 1. The molecule has 7 heteroatoms. The van der Waals surface area contributed by atoms with E-state index in [-0.39, 0.29) is 17.7 Å². The second-order valence-electron chi connectivity index (χ2n) is 6.59. The van der Waals surface area contributed by atoms with Gasteiger partial charge in [0.2, 0.25) is 5.91 Å². The summed E-state index contributed by atoms with van der Waals surface area (Å²) in [5, 5.41) is 11.9. The lowest BCUT2D eigenvalue weighted by Gasteiger charge is -2.24. The first-order valence-electron chi connectivity index (χ1n) is 8.66. The van der Waals surface area contributed by atoms with Crippen LogP contribution in [0.2, 0.25) is 0 Å². The van der Waals surface area contributed by atoms with E-state index in [0.717, 1.165) is 11.1 Å². The fourth-order valence-corrected chi connectivity index (χ4v) is 5.02. The summed E-state index contributed by atoms with van der Waals surface area (Å²) in [5.74, 6) is -1.23. The molecule has 2 aliphatic heterocycles. The maximum Gasteiger partial charge on any atom is 0.326 e. The van der Waals surface area contributed by atoms with Gasteiger partial charge < -0.3 is 15.3 Å². The third-order valence-electron chi connectivity index (χ3n) is 4.89. The third kappa shape index (κ3) is 3.19. The molecule has 1 saturated heterocycles. The number of carboxylic acid groups (broad SMARTS) is 1. The SMILES string of the molecule is O=C(O)[C@@H](Cc1ccccc1)NC(=O)[C@@H]1CS[C@H]2c3ccccc3C(=O)N12. The van der Waals surface area contributed by atoms with Gasteiger partial charge >= 0.3 is 5.97 Å². The lowest BCUT2D eigenvalue weighted by atomic mass is 10.1. The molecule has 2 amide bonds. The number of hydrogen-bond donors (Lipinski definition) is 2. The first-order valence-corrected chi connectivity index (χ1v) is 9.71. The van der Waals surface area contributed by atoms with Crippen molar-refractivity contribution < 1.29 is 19.5 Å². The Hall–Kier alpha value is -2.80. The van der Waals surface area contributed by atoms with Crippen LogP contribution < -0.4 is 5.32 Å². The van der Waals surface area contributed by atoms with Crippen molar-refractivity contribution in [1.29, 1.82) is 0 Å². The predicted octanol–water partition coefficient (Wildman–Crippen LogP) is 2.07. The van der Waals surface area contributed by atoms with Crippen LogP contribution in [-0.4, -0.2) is 45.6 Å². The fourth-order valence-electron chi connectivity index (χ4n) is 3.56. The Labute approximate surface area is 160 Å². The first-order chi connectivity index (χ1) is 13.1. The van der Waals surface area contributed by atoms with Crippen LogP contribution in [0.4, 0.5) is 0 Å². The minimum Gasteiger partial charge on any atom is -0.480 e. The van der Waals surface area contributed by atoms with E-state index in [1.54, 1.807) is 17.0 Å². The molecule has 1 fully saturated rings. The van der Waals surface area contributed by atoms with Crippen molar-refractivity contribution in [2.75, 3.05) is 5.75 Å². The molecule has 6 nitrogen and oxygen atoms in total. The Morgan fingerprint density at radius 3 is 2.59 bits per heavy atom. The fraction of sp³-hybridized carbons (Fsp3) is 0.250. The van der Waals surface area contributed by atoms with Gasteiger partial charge in [-0.1, -0.05) is 48.5 Å². The molecular weight excluding hydrogens is 364 g/mol. The van der Waals surface area contributed by atoms with Crippen molar-refractivity contribution in [3.8, 4) is 0 Å². The summed E-state index contributed by atoms with van der Waals surface area (Å²) in [5.41, 5.74) is 2.36. The van der Waals surface area contributed by atoms with E-state index in [9.17, 15) is 19.5 Å². The highest BCUT2D eigenvalue weighted by Crippen LogP contribution is 2.48. The van der Waals surface area contributed by atoms with Crippen molar-refractivity contribution in [2.45, 2.75) is 23.9 Å². The molecule has 2 N–H and O–H groups in total. The molecule has 27 heavy (non-hydrogen) atoms. The summed E-state index contributed by atoms with van der Waals surface area (Å²) in [6, 6.07) is 14.8. The maximum atomic E-state index is 12.8. The Bertz CT molecular complexity index is 902. The van der Waals surface area contributed by atoms with E-state index in [0.29, 0.717) is 11.3 Å². The highest BCUT2D eigenvalue weighted by Gasteiger charge is 2.48. The number of thioether (sulfide) groups is 1. The Morgan fingerprint density at radius 2 is 1.85 bits per heavy atom. The Kier molecular flexibility index (Phi) is 4.61. The zero-order valence-corrected chi connectivity index (χ0v) is 15.2. The number of benzene rings is 2. The van der Waals surface area contributed by atoms with Gasteiger partial charge in [-0.3, -0.25) is 9.59 Å². The highest BCUT2D eigenvalue weighted by molar-refractivity contribution is 7.99. The van der Waals surface area contributed by atoms with Crippen molar-refractivity contribution in [3.05, 3.63) is 71.3 Å². The average Bonchev–Trinajstić information content (AvgIpc) is 3.23. The van der Waals surface area contributed by atoms with Gasteiger partial charge in [0.1, 0.15) is 17.5 Å². The number of amides is 2. The molecular formula is C20H18N2O4S. The minimum atomic E-state index is -1.09. The molecule has 0 bridgehead atoms. The number of carbonyl (C=O) groups excluding carboxylic acids is 2. The zero-order chi connectivity index (χ0) is 19.0. The number of aliphatic carboxylic acids is 1. The molecule has 0 spiro atoms. The van der Waals surface area contributed by atoms with Gasteiger partial charge in [0, 0.05) is 17.7 Å². The molecule has 0 aliphatic carbocycles. The number of nitrogens with zero attached hydrogens (tertiary/aromatic N) is 1. The van der Waals surface area contributed by atoms with Crippen LogP contribution in [0.5, 0.6) is 0 Å².